The van der Waals surface area contributed by atoms with E-state index in [0.29, 0.717) is 19.1 Å². The van der Waals surface area contributed by atoms with Crippen LogP contribution in [0.15, 0.2) is 40.4 Å². The molecule has 138 valence electrons. The summed E-state index contributed by atoms with van der Waals surface area (Å²) in [6.07, 6.45) is 4.08. The lowest BCUT2D eigenvalue weighted by Crippen LogP contribution is -2.04. The Hall–Kier alpha value is -2.56. The highest BCUT2D eigenvalue weighted by atomic mass is 16.5. The summed E-state index contributed by atoms with van der Waals surface area (Å²) >= 11 is 0. The molecule has 1 aliphatic heterocycles. The van der Waals surface area contributed by atoms with E-state index in [4.69, 9.17) is 14.0 Å². The highest BCUT2D eigenvalue weighted by Crippen LogP contribution is 2.27. The SMILES string of the molecule is C=C(C)c1cc(C2=NCCO2)ccc1OCCCCCc1cc(C)no1. The molecule has 5 nitrogen and oxygen atoms in total. The van der Waals surface area contributed by atoms with Gasteiger partial charge in [0.25, 0.3) is 0 Å². The molecule has 26 heavy (non-hydrogen) atoms. The summed E-state index contributed by atoms with van der Waals surface area (Å²) in [4.78, 5) is 4.37. The second-order valence-electron chi connectivity index (χ2n) is 6.62. The van der Waals surface area contributed by atoms with Crippen LogP contribution in [0.2, 0.25) is 0 Å². The molecule has 2 heterocycles. The molecule has 0 unspecified atom stereocenters. The van der Waals surface area contributed by atoms with Crippen LogP contribution in [0.3, 0.4) is 0 Å². The van der Waals surface area contributed by atoms with Gasteiger partial charge in [-0.3, -0.25) is 0 Å². The van der Waals surface area contributed by atoms with Crippen LogP contribution in [0.1, 0.15) is 48.8 Å². The van der Waals surface area contributed by atoms with E-state index in [1.54, 1.807) is 0 Å². The van der Waals surface area contributed by atoms with E-state index < -0.39 is 0 Å². The van der Waals surface area contributed by atoms with Crippen LogP contribution in [-0.4, -0.2) is 30.8 Å². The normalized spacial score (nSPS) is 13.4. The summed E-state index contributed by atoms with van der Waals surface area (Å²) in [5.74, 6) is 2.54. The van der Waals surface area contributed by atoms with Gasteiger partial charge in [0.2, 0.25) is 5.90 Å². The first kappa shape index (κ1) is 18.2. The quantitative estimate of drug-likeness (QED) is 0.618. The molecule has 0 saturated carbocycles. The Balaban J connectivity index is 1.48. The number of rotatable bonds is 9. The molecule has 0 atom stereocenters. The molecule has 1 aliphatic rings. The van der Waals surface area contributed by atoms with Crippen LogP contribution in [-0.2, 0) is 11.2 Å². The maximum Gasteiger partial charge on any atom is 0.216 e. The maximum absolute atomic E-state index is 6.00. The number of hydrogen-bond acceptors (Lipinski definition) is 5. The number of aryl methyl sites for hydroxylation is 2. The van der Waals surface area contributed by atoms with Crippen molar-refractivity contribution in [3.8, 4) is 5.75 Å². The van der Waals surface area contributed by atoms with Crippen LogP contribution >= 0.6 is 0 Å². The molecule has 0 saturated heterocycles. The largest absolute Gasteiger partial charge is 0.493 e. The van der Waals surface area contributed by atoms with E-state index in [-0.39, 0.29) is 0 Å². The molecule has 1 aromatic heterocycles. The second kappa shape index (κ2) is 8.70. The topological polar surface area (TPSA) is 56.9 Å². The van der Waals surface area contributed by atoms with Crippen LogP contribution in [0, 0.1) is 6.92 Å². The van der Waals surface area contributed by atoms with Crippen molar-refractivity contribution in [3.63, 3.8) is 0 Å². The fourth-order valence-electron chi connectivity index (χ4n) is 2.93. The minimum atomic E-state index is 0.656. The van der Waals surface area contributed by atoms with Gasteiger partial charge in [0.15, 0.2) is 0 Å². The lowest BCUT2D eigenvalue weighted by molar-refractivity contribution is 0.302. The van der Waals surface area contributed by atoms with Gasteiger partial charge in [-0.05, 0) is 56.9 Å². The standard InChI is InChI=1S/C21H26N2O3/c1-15(2)19-14-17(21-22-10-12-25-21)8-9-20(19)24-11-6-4-5-7-18-13-16(3)23-26-18/h8-9,13-14H,1,4-7,10-12H2,2-3H3. The van der Waals surface area contributed by atoms with E-state index in [1.807, 2.05) is 38.1 Å². The molecule has 2 aromatic rings. The number of benzene rings is 1. The van der Waals surface area contributed by atoms with Crippen molar-refractivity contribution in [1.82, 2.24) is 5.16 Å². The number of aromatic nitrogens is 1. The Kier molecular flexibility index (Phi) is 6.10. The first-order valence-corrected chi connectivity index (χ1v) is 9.16. The van der Waals surface area contributed by atoms with Crippen molar-refractivity contribution < 1.29 is 14.0 Å². The maximum atomic E-state index is 6.00. The molecule has 0 aliphatic carbocycles. The molecule has 0 bridgehead atoms. The highest BCUT2D eigenvalue weighted by Gasteiger charge is 2.14. The van der Waals surface area contributed by atoms with Gasteiger partial charge < -0.3 is 14.0 Å². The number of nitrogens with zero attached hydrogens (tertiary/aromatic N) is 2. The summed E-state index contributed by atoms with van der Waals surface area (Å²) in [5.41, 5.74) is 3.90. The van der Waals surface area contributed by atoms with Crippen molar-refractivity contribution in [2.75, 3.05) is 19.8 Å². The predicted octanol–water partition coefficient (Wildman–Crippen LogP) is 4.58. The smallest absolute Gasteiger partial charge is 0.216 e. The summed E-state index contributed by atoms with van der Waals surface area (Å²) in [5, 5.41) is 3.91. The summed E-state index contributed by atoms with van der Waals surface area (Å²) in [6, 6.07) is 8.03. The average molecular weight is 354 g/mol. The van der Waals surface area contributed by atoms with Crippen LogP contribution in [0.4, 0.5) is 0 Å². The molecular formula is C21H26N2O3. The van der Waals surface area contributed by atoms with E-state index >= 15 is 0 Å². The van der Waals surface area contributed by atoms with Crippen LogP contribution in [0.25, 0.3) is 5.57 Å². The number of allylic oxidation sites excluding steroid dienone is 1. The molecule has 5 heteroatoms. The molecular weight excluding hydrogens is 328 g/mol. The molecule has 0 N–H and O–H groups in total. The summed E-state index contributed by atoms with van der Waals surface area (Å²) in [6.45, 7) is 10.1. The minimum absolute atomic E-state index is 0.656. The molecule has 0 fully saturated rings. The zero-order valence-corrected chi connectivity index (χ0v) is 15.6. The van der Waals surface area contributed by atoms with Crippen LogP contribution < -0.4 is 4.74 Å². The van der Waals surface area contributed by atoms with Crippen LogP contribution in [0.5, 0.6) is 5.75 Å². The molecule has 3 rings (SSSR count). The molecule has 1 aromatic carbocycles. The molecule has 0 spiro atoms. The predicted molar refractivity (Wildman–Crippen MR) is 103 cm³/mol. The Morgan fingerprint density at radius 3 is 2.81 bits per heavy atom. The first-order valence-electron chi connectivity index (χ1n) is 9.16. The zero-order chi connectivity index (χ0) is 18.4. The fraction of sp³-hybridized carbons (Fsp3) is 0.429. The number of aliphatic imine (C=N–C) groups is 1. The first-order chi connectivity index (χ1) is 12.6. The summed E-state index contributed by atoms with van der Waals surface area (Å²) < 4.78 is 16.8. The van der Waals surface area contributed by atoms with E-state index in [0.717, 1.165) is 66.1 Å². The van der Waals surface area contributed by atoms with Gasteiger partial charge in [0, 0.05) is 23.6 Å². The fourth-order valence-corrected chi connectivity index (χ4v) is 2.93. The second-order valence-corrected chi connectivity index (χ2v) is 6.62. The van der Waals surface area contributed by atoms with Gasteiger partial charge in [0.05, 0.1) is 18.8 Å². The molecule has 0 amide bonds. The van der Waals surface area contributed by atoms with Gasteiger partial charge in [-0.15, -0.1) is 0 Å². The van der Waals surface area contributed by atoms with E-state index in [1.165, 1.54) is 0 Å². The van der Waals surface area contributed by atoms with Crippen molar-refractivity contribution in [3.05, 3.63) is 53.4 Å². The third-order valence-corrected chi connectivity index (χ3v) is 4.27. The Labute approximate surface area is 154 Å². The number of ether oxygens (including phenoxy) is 2. The summed E-state index contributed by atoms with van der Waals surface area (Å²) in [7, 11) is 0. The van der Waals surface area contributed by atoms with Gasteiger partial charge >= 0.3 is 0 Å². The average Bonchev–Trinajstić information content (AvgIpc) is 3.30. The van der Waals surface area contributed by atoms with Crippen molar-refractivity contribution in [1.29, 1.82) is 0 Å². The van der Waals surface area contributed by atoms with Gasteiger partial charge in [0.1, 0.15) is 18.1 Å². The number of hydrogen-bond donors (Lipinski definition) is 0. The van der Waals surface area contributed by atoms with E-state index in [9.17, 15) is 0 Å². The van der Waals surface area contributed by atoms with Gasteiger partial charge in [-0.25, -0.2) is 4.99 Å². The van der Waals surface area contributed by atoms with Crippen molar-refractivity contribution >= 4 is 11.5 Å². The highest BCUT2D eigenvalue weighted by molar-refractivity contribution is 5.96. The Bertz CT molecular complexity index is 792. The Morgan fingerprint density at radius 2 is 2.12 bits per heavy atom. The van der Waals surface area contributed by atoms with Gasteiger partial charge in [-0.2, -0.15) is 0 Å². The monoisotopic (exact) mass is 354 g/mol. The minimum Gasteiger partial charge on any atom is -0.493 e. The van der Waals surface area contributed by atoms with Gasteiger partial charge in [-0.1, -0.05) is 11.7 Å². The van der Waals surface area contributed by atoms with Crippen molar-refractivity contribution in [2.24, 2.45) is 4.99 Å². The van der Waals surface area contributed by atoms with Crippen molar-refractivity contribution in [2.45, 2.75) is 39.5 Å². The number of unbranched alkanes of at least 4 members (excludes halogenated alkanes) is 2. The molecule has 0 radical (unpaired) electrons. The third kappa shape index (κ3) is 4.75. The zero-order valence-electron chi connectivity index (χ0n) is 15.6. The Morgan fingerprint density at radius 1 is 1.23 bits per heavy atom. The third-order valence-electron chi connectivity index (χ3n) is 4.27. The lowest BCUT2D eigenvalue weighted by atomic mass is 10.0. The van der Waals surface area contributed by atoms with E-state index in [2.05, 4.69) is 16.7 Å². The lowest BCUT2D eigenvalue weighted by Gasteiger charge is -2.13.